The molecule has 0 radical (unpaired) electrons. The molecular formula is C17H24BrNO2. The maximum Gasteiger partial charge on any atom is 0.137 e. The Balaban J connectivity index is 1.93. The maximum absolute atomic E-state index is 12.4. The van der Waals surface area contributed by atoms with Crippen molar-refractivity contribution in [3.8, 4) is 5.75 Å². The number of Topliss-reactive ketones (excluding diaryl/α,β-unsaturated/α-hetero) is 1. The van der Waals surface area contributed by atoms with E-state index in [-0.39, 0.29) is 0 Å². The van der Waals surface area contributed by atoms with Gasteiger partial charge in [0.15, 0.2) is 0 Å². The quantitative estimate of drug-likeness (QED) is 0.848. The van der Waals surface area contributed by atoms with Gasteiger partial charge in [0.05, 0.1) is 7.11 Å². The topological polar surface area (TPSA) is 38.3 Å². The van der Waals surface area contributed by atoms with E-state index < -0.39 is 0 Å². The number of benzene rings is 1. The number of ketones is 1. The van der Waals surface area contributed by atoms with E-state index in [1.54, 1.807) is 7.11 Å². The fourth-order valence-corrected chi connectivity index (χ4v) is 3.47. The van der Waals surface area contributed by atoms with Crippen molar-refractivity contribution in [3.63, 3.8) is 0 Å². The summed E-state index contributed by atoms with van der Waals surface area (Å²) in [5.74, 6) is 2.17. The maximum atomic E-state index is 12.4. The third-order valence-electron chi connectivity index (χ3n) is 4.32. The molecular weight excluding hydrogens is 330 g/mol. The van der Waals surface area contributed by atoms with E-state index in [4.69, 9.17) is 4.74 Å². The summed E-state index contributed by atoms with van der Waals surface area (Å²) in [7, 11) is 1.65. The van der Waals surface area contributed by atoms with E-state index in [9.17, 15) is 4.79 Å². The van der Waals surface area contributed by atoms with E-state index >= 15 is 0 Å². The molecule has 0 aromatic heterocycles. The molecule has 1 fully saturated rings. The van der Waals surface area contributed by atoms with Crippen molar-refractivity contribution in [1.82, 2.24) is 5.32 Å². The molecule has 2 unspecified atom stereocenters. The van der Waals surface area contributed by atoms with Crippen molar-refractivity contribution in [2.75, 3.05) is 20.2 Å². The lowest BCUT2D eigenvalue weighted by molar-refractivity contribution is -0.119. The molecule has 1 aliphatic rings. The van der Waals surface area contributed by atoms with Crippen molar-refractivity contribution in [2.45, 2.75) is 32.6 Å². The molecule has 0 aliphatic carbocycles. The molecule has 21 heavy (non-hydrogen) atoms. The molecule has 0 bridgehead atoms. The highest BCUT2D eigenvalue weighted by atomic mass is 79.9. The van der Waals surface area contributed by atoms with Crippen molar-refractivity contribution in [1.29, 1.82) is 0 Å². The molecule has 0 spiro atoms. The van der Waals surface area contributed by atoms with Gasteiger partial charge in [-0.2, -0.15) is 0 Å². The lowest BCUT2D eigenvalue weighted by Gasteiger charge is -2.28. The van der Waals surface area contributed by atoms with Crippen LogP contribution >= 0.6 is 15.9 Å². The first-order valence-corrected chi connectivity index (χ1v) is 8.44. The minimum atomic E-state index is 0.296. The average Bonchev–Trinajstić information content (AvgIpc) is 2.48. The molecule has 2 rings (SSSR count). The van der Waals surface area contributed by atoms with Crippen LogP contribution in [-0.4, -0.2) is 26.0 Å². The van der Waals surface area contributed by atoms with Crippen LogP contribution < -0.4 is 10.1 Å². The van der Waals surface area contributed by atoms with Gasteiger partial charge in [0.1, 0.15) is 11.5 Å². The Hall–Kier alpha value is -0.870. The molecule has 3 nitrogen and oxygen atoms in total. The summed E-state index contributed by atoms with van der Waals surface area (Å²) >= 11 is 3.45. The third kappa shape index (κ3) is 4.82. The van der Waals surface area contributed by atoms with Gasteiger partial charge in [-0.25, -0.2) is 0 Å². The number of methoxy groups -OCH3 is 1. The Morgan fingerprint density at radius 1 is 1.52 bits per heavy atom. The molecule has 0 amide bonds. The van der Waals surface area contributed by atoms with Gasteiger partial charge in [-0.1, -0.05) is 22.9 Å². The van der Waals surface area contributed by atoms with Crippen LogP contribution in [0.1, 0.15) is 31.7 Å². The van der Waals surface area contributed by atoms with E-state index in [0.29, 0.717) is 30.5 Å². The van der Waals surface area contributed by atoms with E-state index in [0.717, 1.165) is 28.9 Å². The van der Waals surface area contributed by atoms with Crippen LogP contribution in [0.2, 0.25) is 0 Å². The van der Waals surface area contributed by atoms with Crippen LogP contribution in [0.4, 0.5) is 0 Å². The van der Waals surface area contributed by atoms with Crippen LogP contribution in [0.3, 0.4) is 0 Å². The van der Waals surface area contributed by atoms with Crippen LogP contribution in [0, 0.1) is 11.8 Å². The molecule has 2 atom stereocenters. The molecule has 1 heterocycles. The normalized spacial score (nSPS) is 20.0. The number of halogens is 1. The van der Waals surface area contributed by atoms with Crippen LogP contribution in [0.15, 0.2) is 22.7 Å². The minimum Gasteiger partial charge on any atom is -0.496 e. The summed E-state index contributed by atoms with van der Waals surface area (Å²) in [5.41, 5.74) is 0.964. The number of carbonyl (C=O) groups excluding carboxylic acids is 1. The second kappa shape index (κ2) is 7.95. The van der Waals surface area contributed by atoms with E-state index in [2.05, 4.69) is 28.2 Å². The van der Waals surface area contributed by atoms with Gasteiger partial charge in [-0.3, -0.25) is 4.79 Å². The summed E-state index contributed by atoms with van der Waals surface area (Å²) in [6.07, 6.45) is 3.57. The van der Waals surface area contributed by atoms with Crippen molar-refractivity contribution in [3.05, 3.63) is 28.2 Å². The highest BCUT2D eigenvalue weighted by molar-refractivity contribution is 9.10. The zero-order chi connectivity index (χ0) is 15.2. The summed E-state index contributed by atoms with van der Waals surface area (Å²) in [6.45, 7) is 4.37. The number of rotatable bonds is 6. The summed E-state index contributed by atoms with van der Waals surface area (Å²) in [6, 6.07) is 5.81. The fraction of sp³-hybridized carbons (Fsp3) is 0.588. The van der Waals surface area contributed by atoms with Gasteiger partial charge >= 0.3 is 0 Å². The number of hydrogen-bond donors (Lipinski definition) is 1. The van der Waals surface area contributed by atoms with Gasteiger partial charge in [0.25, 0.3) is 0 Å². The Kier molecular flexibility index (Phi) is 6.24. The van der Waals surface area contributed by atoms with Gasteiger partial charge in [0, 0.05) is 22.9 Å². The van der Waals surface area contributed by atoms with Gasteiger partial charge in [0.2, 0.25) is 0 Å². The Bertz CT molecular complexity index is 484. The number of ether oxygens (including phenoxy) is 1. The number of hydrogen-bond acceptors (Lipinski definition) is 3. The predicted molar refractivity (Wildman–Crippen MR) is 88.8 cm³/mol. The van der Waals surface area contributed by atoms with Crippen molar-refractivity contribution in [2.24, 2.45) is 11.8 Å². The molecule has 1 aromatic carbocycles. The average molecular weight is 354 g/mol. The first-order valence-electron chi connectivity index (χ1n) is 7.65. The van der Waals surface area contributed by atoms with Gasteiger partial charge in [-0.05, 0) is 56.0 Å². The SMILES string of the molecule is COc1ccc(Br)cc1CC(=O)CC(C)C1CCCNC1. The Morgan fingerprint density at radius 2 is 2.33 bits per heavy atom. The second-order valence-electron chi connectivity index (χ2n) is 5.96. The molecule has 1 N–H and O–H groups in total. The van der Waals surface area contributed by atoms with E-state index in [1.165, 1.54) is 12.8 Å². The lowest BCUT2D eigenvalue weighted by atomic mass is 9.83. The minimum absolute atomic E-state index is 0.296. The summed E-state index contributed by atoms with van der Waals surface area (Å²) in [4.78, 5) is 12.4. The summed E-state index contributed by atoms with van der Waals surface area (Å²) in [5, 5.41) is 3.43. The van der Waals surface area contributed by atoms with Crippen LogP contribution in [0.5, 0.6) is 5.75 Å². The van der Waals surface area contributed by atoms with Crippen molar-refractivity contribution >= 4 is 21.7 Å². The van der Waals surface area contributed by atoms with E-state index in [1.807, 2.05) is 18.2 Å². The lowest BCUT2D eigenvalue weighted by Crippen LogP contribution is -2.34. The highest BCUT2D eigenvalue weighted by Crippen LogP contribution is 2.26. The number of piperidine rings is 1. The number of carbonyl (C=O) groups is 1. The zero-order valence-electron chi connectivity index (χ0n) is 12.8. The van der Waals surface area contributed by atoms with Gasteiger partial charge < -0.3 is 10.1 Å². The fourth-order valence-electron chi connectivity index (χ4n) is 3.06. The Labute approximate surface area is 135 Å². The molecule has 1 saturated heterocycles. The predicted octanol–water partition coefficient (Wildman–Crippen LogP) is 3.60. The first kappa shape index (κ1) is 16.5. The summed E-state index contributed by atoms with van der Waals surface area (Å²) < 4.78 is 6.32. The zero-order valence-corrected chi connectivity index (χ0v) is 14.4. The molecule has 116 valence electrons. The standard InChI is InChI=1S/C17H24BrNO2/c1-12(13-4-3-7-19-11-13)8-16(20)10-14-9-15(18)5-6-17(14)21-2/h5-6,9,12-13,19H,3-4,7-8,10-11H2,1-2H3. The van der Waals surface area contributed by atoms with Crippen molar-refractivity contribution < 1.29 is 9.53 Å². The highest BCUT2D eigenvalue weighted by Gasteiger charge is 2.22. The van der Waals surface area contributed by atoms with Crippen LogP contribution in [0.25, 0.3) is 0 Å². The molecule has 1 aliphatic heterocycles. The molecule has 1 aromatic rings. The monoisotopic (exact) mass is 353 g/mol. The van der Waals surface area contributed by atoms with Crippen LogP contribution in [-0.2, 0) is 11.2 Å². The molecule has 4 heteroatoms. The second-order valence-corrected chi connectivity index (χ2v) is 6.88. The third-order valence-corrected chi connectivity index (χ3v) is 4.81. The number of nitrogens with one attached hydrogen (secondary N) is 1. The largest absolute Gasteiger partial charge is 0.496 e. The Morgan fingerprint density at radius 3 is 3.00 bits per heavy atom. The molecule has 0 saturated carbocycles. The smallest absolute Gasteiger partial charge is 0.137 e. The first-order chi connectivity index (χ1) is 10.1. The van der Waals surface area contributed by atoms with Gasteiger partial charge in [-0.15, -0.1) is 0 Å².